The summed E-state index contributed by atoms with van der Waals surface area (Å²) in [6.07, 6.45) is -1.32. The van der Waals surface area contributed by atoms with Gasteiger partial charge in [0.2, 0.25) is 0 Å². The molecule has 0 saturated carbocycles. The molecule has 2 aromatic rings. The van der Waals surface area contributed by atoms with E-state index in [4.69, 9.17) is 49.0 Å². The zero-order chi connectivity index (χ0) is 22.6. The second-order valence-electron chi connectivity index (χ2n) is 5.76. The molecule has 0 spiro atoms. The van der Waals surface area contributed by atoms with Crippen molar-refractivity contribution >= 4 is 58.1 Å². The number of hydrogen-bond acceptors (Lipinski definition) is 7. The second kappa shape index (κ2) is 9.84. The van der Waals surface area contributed by atoms with Gasteiger partial charge in [0.15, 0.2) is 17.6 Å². The van der Waals surface area contributed by atoms with Crippen LogP contribution in [0.4, 0.5) is 11.4 Å². The van der Waals surface area contributed by atoms with Crippen molar-refractivity contribution in [1.29, 1.82) is 0 Å². The fraction of sp³-hybridized carbons (Fsp3) is 0.222. The number of nitro benzene ring substituents is 1. The van der Waals surface area contributed by atoms with Crippen LogP contribution in [0, 0.1) is 10.1 Å². The lowest BCUT2D eigenvalue weighted by atomic mass is 10.1. The molecule has 0 aliphatic rings. The Bertz CT molecular complexity index is 1010. The molecule has 0 heterocycles. The standard InChI is InChI=1S/C18H15Cl3N2O7/c1-8(17(24)22-13-6-11(20)10(19)5-12(13)21)30-18(25)9-4-15(28-2)16(29-3)7-14(9)23(26)27/h4-8H,1-3H3,(H,22,24)/t8-/m0/s1. The van der Waals surface area contributed by atoms with Gasteiger partial charge in [-0.15, -0.1) is 0 Å². The summed E-state index contributed by atoms with van der Waals surface area (Å²) in [6, 6.07) is 4.79. The van der Waals surface area contributed by atoms with Gasteiger partial charge in [0.25, 0.3) is 11.6 Å². The molecule has 1 amide bonds. The Morgan fingerprint density at radius 2 is 1.57 bits per heavy atom. The number of nitrogens with zero attached hydrogens (tertiary/aromatic N) is 1. The first-order chi connectivity index (χ1) is 14.1. The van der Waals surface area contributed by atoms with Gasteiger partial charge in [0.1, 0.15) is 5.56 Å². The number of carbonyl (C=O) groups is 2. The van der Waals surface area contributed by atoms with E-state index in [0.29, 0.717) is 0 Å². The van der Waals surface area contributed by atoms with E-state index in [1.807, 2.05) is 0 Å². The summed E-state index contributed by atoms with van der Waals surface area (Å²) in [7, 11) is 2.59. The van der Waals surface area contributed by atoms with Gasteiger partial charge in [0.05, 0.1) is 46.0 Å². The highest BCUT2D eigenvalue weighted by atomic mass is 35.5. The first-order valence-corrected chi connectivity index (χ1v) is 9.29. The molecule has 0 radical (unpaired) electrons. The van der Waals surface area contributed by atoms with E-state index >= 15 is 0 Å². The number of rotatable bonds is 7. The number of hydrogen-bond donors (Lipinski definition) is 1. The summed E-state index contributed by atoms with van der Waals surface area (Å²) >= 11 is 17.7. The number of halogens is 3. The van der Waals surface area contributed by atoms with Gasteiger partial charge in [-0.3, -0.25) is 14.9 Å². The molecule has 12 heteroatoms. The molecule has 0 bridgehead atoms. The normalized spacial score (nSPS) is 11.4. The van der Waals surface area contributed by atoms with Crippen LogP contribution in [0.2, 0.25) is 15.1 Å². The molecular weight excluding hydrogens is 463 g/mol. The van der Waals surface area contributed by atoms with E-state index in [2.05, 4.69) is 5.32 Å². The average molecular weight is 478 g/mol. The zero-order valence-corrected chi connectivity index (χ0v) is 18.1. The molecule has 0 aliphatic carbocycles. The maximum atomic E-state index is 12.5. The van der Waals surface area contributed by atoms with E-state index in [-0.39, 0.29) is 32.3 Å². The number of methoxy groups -OCH3 is 2. The molecule has 2 rings (SSSR count). The topological polar surface area (TPSA) is 117 Å². The van der Waals surface area contributed by atoms with Crippen LogP contribution in [0.15, 0.2) is 24.3 Å². The molecule has 9 nitrogen and oxygen atoms in total. The highest BCUT2D eigenvalue weighted by molar-refractivity contribution is 6.44. The van der Waals surface area contributed by atoms with E-state index in [1.165, 1.54) is 33.3 Å². The first kappa shape index (κ1) is 23.5. The smallest absolute Gasteiger partial charge is 0.346 e. The minimum atomic E-state index is -1.32. The Kier molecular flexibility index (Phi) is 7.71. The van der Waals surface area contributed by atoms with Crippen molar-refractivity contribution in [3.63, 3.8) is 0 Å². The zero-order valence-electron chi connectivity index (χ0n) is 15.8. The third-order valence-electron chi connectivity index (χ3n) is 3.84. The van der Waals surface area contributed by atoms with E-state index in [1.54, 1.807) is 0 Å². The van der Waals surface area contributed by atoms with Crippen LogP contribution in [0.1, 0.15) is 17.3 Å². The third-order valence-corrected chi connectivity index (χ3v) is 4.87. The minimum absolute atomic E-state index is 0.0563. The van der Waals surface area contributed by atoms with Crippen LogP contribution in [0.5, 0.6) is 11.5 Å². The van der Waals surface area contributed by atoms with Crippen molar-refractivity contribution < 1.29 is 28.7 Å². The summed E-state index contributed by atoms with van der Waals surface area (Å²) in [5, 5.41) is 14.2. The molecule has 0 saturated heterocycles. The second-order valence-corrected chi connectivity index (χ2v) is 6.99. The predicted octanol–water partition coefficient (Wildman–Crippen LogP) is 4.76. The monoisotopic (exact) mass is 476 g/mol. The number of benzene rings is 2. The van der Waals surface area contributed by atoms with Gasteiger partial charge in [-0.2, -0.15) is 0 Å². The lowest BCUT2D eigenvalue weighted by molar-refractivity contribution is -0.385. The summed E-state index contributed by atoms with van der Waals surface area (Å²) in [4.78, 5) is 35.4. The van der Waals surface area contributed by atoms with E-state index < -0.39 is 34.2 Å². The number of nitro groups is 1. The molecule has 30 heavy (non-hydrogen) atoms. The van der Waals surface area contributed by atoms with Crippen molar-refractivity contribution in [3.8, 4) is 11.5 Å². The molecular formula is C18H15Cl3N2O7. The SMILES string of the molecule is COc1cc(C(=O)O[C@@H](C)C(=O)Nc2cc(Cl)c(Cl)cc2Cl)c([N+](=O)[O-])cc1OC. The Labute approximate surface area is 185 Å². The largest absolute Gasteiger partial charge is 0.493 e. The van der Waals surface area contributed by atoms with Crippen molar-refractivity contribution in [2.75, 3.05) is 19.5 Å². The van der Waals surface area contributed by atoms with E-state index in [9.17, 15) is 19.7 Å². The van der Waals surface area contributed by atoms with Crippen LogP contribution < -0.4 is 14.8 Å². The maximum Gasteiger partial charge on any atom is 0.346 e. The summed E-state index contributed by atoms with van der Waals surface area (Å²) < 4.78 is 15.1. The van der Waals surface area contributed by atoms with E-state index in [0.717, 1.165) is 12.1 Å². The maximum absolute atomic E-state index is 12.5. The van der Waals surface area contributed by atoms with Gasteiger partial charge in [-0.05, 0) is 19.1 Å². The van der Waals surface area contributed by atoms with Crippen molar-refractivity contribution in [2.24, 2.45) is 0 Å². The number of esters is 1. The number of anilines is 1. The quantitative estimate of drug-likeness (QED) is 0.264. The van der Waals surface area contributed by atoms with Gasteiger partial charge < -0.3 is 19.5 Å². The third kappa shape index (κ3) is 5.24. The number of nitrogens with one attached hydrogen (secondary N) is 1. The lowest BCUT2D eigenvalue weighted by Crippen LogP contribution is -2.30. The van der Waals surface area contributed by atoms with Gasteiger partial charge in [0, 0.05) is 6.07 Å². The summed E-state index contributed by atoms with van der Waals surface area (Å²) in [6.45, 7) is 1.28. The van der Waals surface area contributed by atoms with Gasteiger partial charge >= 0.3 is 5.97 Å². The Morgan fingerprint density at radius 3 is 2.13 bits per heavy atom. The molecule has 1 atom stereocenters. The average Bonchev–Trinajstić information content (AvgIpc) is 2.70. The van der Waals surface area contributed by atoms with Crippen LogP contribution in [-0.2, 0) is 9.53 Å². The Morgan fingerprint density at radius 1 is 1.00 bits per heavy atom. The fourth-order valence-corrected chi connectivity index (χ4v) is 2.91. The van der Waals surface area contributed by atoms with Crippen LogP contribution >= 0.6 is 34.8 Å². The molecule has 2 aromatic carbocycles. The summed E-state index contributed by atoms with van der Waals surface area (Å²) in [5.74, 6) is -1.71. The summed E-state index contributed by atoms with van der Waals surface area (Å²) in [5.41, 5.74) is -0.835. The van der Waals surface area contributed by atoms with Crippen LogP contribution in [-0.4, -0.2) is 37.1 Å². The number of ether oxygens (including phenoxy) is 3. The van der Waals surface area contributed by atoms with Crippen molar-refractivity contribution in [2.45, 2.75) is 13.0 Å². The Hall–Kier alpha value is -2.75. The van der Waals surface area contributed by atoms with Crippen molar-refractivity contribution in [3.05, 3.63) is 55.0 Å². The number of carbonyl (C=O) groups excluding carboxylic acids is 2. The molecule has 0 fully saturated rings. The van der Waals surface area contributed by atoms with Crippen LogP contribution in [0.25, 0.3) is 0 Å². The molecule has 0 unspecified atom stereocenters. The predicted molar refractivity (Wildman–Crippen MR) is 111 cm³/mol. The highest BCUT2D eigenvalue weighted by Gasteiger charge is 2.28. The van der Waals surface area contributed by atoms with Crippen molar-refractivity contribution in [1.82, 2.24) is 0 Å². The number of amides is 1. The Balaban J connectivity index is 2.24. The molecule has 0 aromatic heterocycles. The van der Waals surface area contributed by atoms with Gasteiger partial charge in [-0.1, -0.05) is 34.8 Å². The first-order valence-electron chi connectivity index (χ1n) is 8.15. The lowest BCUT2D eigenvalue weighted by Gasteiger charge is -2.15. The molecule has 160 valence electrons. The minimum Gasteiger partial charge on any atom is -0.493 e. The van der Waals surface area contributed by atoms with Crippen LogP contribution in [0.3, 0.4) is 0 Å². The fourth-order valence-electron chi connectivity index (χ4n) is 2.31. The highest BCUT2D eigenvalue weighted by Crippen LogP contribution is 2.35. The molecule has 1 N–H and O–H groups in total. The van der Waals surface area contributed by atoms with Gasteiger partial charge in [-0.25, -0.2) is 4.79 Å². The molecule has 0 aliphatic heterocycles.